The smallest absolute Gasteiger partial charge is 0.191 e. The Morgan fingerprint density at radius 2 is 1.96 bits per heavy atom. The maximum absolute atomic E-state index is 13.4. The van der Waals surface area contributed by atoms with Gasteiger partial charge in [0.25, 0.3) is 0 Å². The van der Waals surface area contributed by atoms with Crippen LogP contribution in [-0.4, -0.2) is 19.7 Å². The van der Waals surface area contributed by atoms with Crippen molar-refractivity contribution in [2.24, 2.45) is 0 Å². The highest BCUT2D eigenvalue weighted by molar-refractivity contribution is 7.98. The second-order valence-electron chi connectivity index (χ2n) is 5.82. The van der Waals surface area contributed by atoms with Crippen molar-refractivity contribution >= 4 is 39.0 Å². The molecule has 138 valence electrons. The van der Waals surface area contributed by atoms with E-state index in [-0.39, 0.29) is 0 Å². The Morgan fingerprint density at radius 3 is 2.67 bits per heavy atom. The number of hydrogen-bond donors (Lipinski definition) is 1. The highest BCUT2D eigenvalue weighted by atomic mass is 32.2. The van der Waals surface area contributed by atoms with Gasteiger partial charge in [-0.15, -0.1) is 21.5 Å². The summed E-state index contributed by atoms with van der Waals surface area (Å²) in [5, 5.41) is 10.1. The monoisotopic (exact) mass is 403 g/mol. The summed E-state index contributed by atoms with van der Waals surface area (Å²) in [4.78, 5) is 6.02. The zero-order valence-electron chi connectivity index (χ0n) is 14.3. The lowest BCUT2D eigenvalue weighted by atomic mass is 10.2. The minimum atomic E-state index is -0.589. The van der Waals surface area contributed by atoms with Gasteiger partial charge in [-0.1, -0.05) is 11.8 Å². The number of nitrogen functional groups attached to an aromatic ring is 1. The molecule has 0 saturated carbocycles. The molecule has 3 aromatic heterocycles. The van der Waals surface area contributed by atoms with Crippen molar-refractivity contribution in [3.63, 3.8) is 0 Å². The molecule has 9 heteroatoms. The fraction of sp³-hybridized carbons (Fsp3) is 0.167. The second kappa shape index (κ2) is 7.24. The minimum Gasteiger partial charge on any atom is -0.397 e. The van der Waals surface area contributed by atoms with E-state index in [1.165, 1.54) is 35.2 Å². The van der Waals surface area contributed by atoms with E-state index >= 15 is 0 Å². The maximum Gasteiger partial charge on any atom is 0.191 e. The van der Waals surface area contributed by atoms with Crippen LogP contribution >= 0.6 is 23.1 Å². The van der Waals surface area contributed by atoms with Gasteiger partial charge in [0, 0.05) is 29.9 Å². The van der Waals surface area contributed by atoms with Gasteiger partial charge < -0.3 is 10.3 Å². The van der Waals surface area contributed by atoms with Crippen molar-refractivity contribution in [2.45, 2.75) is 24.4 Å². The number of fused-ring (bicyclic) bond motifs is 1. The Hall–Kier alpha value is -2.52. The molecule has 0 radical (unpaired) electrons. The van der Waals surface area contributed by atoms with Gasteiger partial charge in [-0.2, -0.15) is 0 Å². The van der Waals surface area contributed by atoms with Crippen LogP contribution in [0.1, 0.15) is 12.5 Å². The molecule has 4 rings (SSSR count). The number of aromatic nitrogens is 4. The third-order valence-corrected chi connectivity index (χ3v) is 6.19. The summed E-state index contributed by atoms with van der Waals surface area (Å²) in [5.74, 6) is -0.121. The summed E-state index contributed by atoms with van der Waals surface area (Å²) >= 11 is 2.84. The van der Waals surface area contributed by atoms with Gasteiger partial charge in [-0.25, -0.2) is 13.8 Å². The number of halogens is 2. The van der Waals surface area contributed by atoms with Crippen LogP contribution in [0.25, 0.3) is 20.9 Å². The molecular formula is C18H15F2N5S2. The van der Waals surface area contributed by atoms with Crippen LogP contribution in [0.15, 0.2) is 41.7 Å². The Morgan fingerprint density at radius 1 is 1.19 bits per heavy atom. The molecule has 0 fully saturated rings. The lowest BCUT2D eigenvalue weighted by Crippen LogP contribution is -2.00. The largest absolute Gasteiger partial charge is 0.397 e. The molecular weight excluding hydrogens is 388 g/mol. The molecule has 0 saturated heterocycles. The molecule has 2 N–H and O–H groups in total. The van der Waals surface area contributed by atoms with Crippen LogP contribution in [0.5, 0.6) is 0 Å². The quantitative estimate of drug-likeness (QED) is 0.488. The lowest BCUT2D eigenvalue weighted by molar-refractivity contribution is 0.581. The van der Waals surface area contributed by atoms with Gasteiger partial charge >= 0.3 is 0 Å². The standard InChI is InChI=1S/C18H15F2N5S2/c1-2-25-16(15-14(21)13-4-3-5-22-17(13)27-15)23-24-18(25)26-9-10-6-11(19)8-12(20)7-10/h3-8H,2,9,21H2,1H3. The molecule has 3 heterocycles. The van der Waals surface area contributed by atoms with E-state index in [9.17, 15) is 8.78 Å². The van der Waals surface area contributed by atoms with Gasteiger partial charge in [0.1, 0.15) is 16.5 Å². The topological polar surface area (TPSA) is 69.6 Å². The molecule has 0 amide bonds. The SMILES string of the molecule is CCn1c(SCc2cc(F)cc(F)c2)nnc1-c1sc2ncccc2c1N. The number of thioether (sulfide) groups is 1. The molecule has 0 atom stereocenters. The van der Waals surface area contributed by atoms with Crippen LogP contribution < -0.4 is 5.73 Å². The molecule has 1 aromatic carbocycles. The van der Waals surface area contributed by atoms with Crippen molar-refractivity contribution in [3.05, 3.63) is 53.7 Å². The molecule has 4 aromatic rings. The zero-order chi connectivity index (χ0) is 19.0. The van der Waals surface area contributed by atoms with E-state index in [4.69, 9.17) is 5.73 Å². The minimum absolute atomic E-state index is 0.385. The Balaban J connectivity index is 1.66. The Labute approximate surface area is 162 Å². The molecule has 0 bridgehead atoms. The van der Waals surface area contributed by atoms with Crippen LogP contribution in [-0.2, 0) is 12.3 Å². The summed E-state index contributed by atoms with van der Waals surface area (Å²) in [6.45, 7) is 2.63. The van der Waals surface area contributed by atoms with E-state index in [0.29, 0.717) is 34.5 Å². The van der Waals surface area contributed by atoms with Gasteiger partial charge in [0.2, 0.25) is 0 Å². The van der Waals surface area contributed by atoms with E-state index in [1.807, 2.05) is 23.6 Å². The summed E-state index contributed by atoms with van der Waals surface area (Å²) in [6, 6.07) is 7.27. The molecule has 5 nitrogen and oxygen atoms in total. The fourth-order valence-electron chi connectivity index (χ4n) is 2.81. The van der Waals surface area contributed by atoms with Crippen molar-refractivity contribution in [1.29, 1.82) is 0 Å². The van der Waals surface area contributed by atoms with Crippen molar-refractivity contribution in [1.82, 2.24) is 19.7 Å². The molecule has 0 spiro atoms. The average molecular weight is 403 g/mol. The van der Waals surface area contributed by atoms with Crippen molar-refractivity contribution in [3.8, 4) is 10.7 Å². The third-order valence-electron chi connectivity index (χ3n) is 4.03. The number of hydrogen-bond acceptors (Lipinski definition) is 6. The van der Waals surface area contributed by atoms with Gasteiger partial charge in [-0.3, -0.25) is 0 Å². The molecule has 27 heavy (non-hydrogen) atoms. The number of nitrogens with zero attached hydrogens (tertiary/aromatic N) is 4. The number of thiophene rings is 1. The van der Waals surface area contributed by atoms with E-state index in [0.717, 1.165) is 21.2 Å². The normalized spacial score (nSPS) is 11.4. The third kappa shape index (κ3) is 3.40. The predicted octanol–water partition coefficient (Wildman–Crippen LogP) is 4.73. The number of pyridine rings is 1. The molecule has 0 aliphatic carbocycles. The van der Waals surface area contributed by atoms with Crippen LogP contribution in [0.3, 0.4) is 0 Å². The lowest BCUT2D eigenvalue weighted by Gasteiger charge is -2.07. The first-order valence-electron chi connectivity index (χ1n) is 8.21. The van der Waals surface area contributed by atoms with Crippen molar-refractivity contribution in [2.75, 3.05) is 5.73 Å². The Bertz CT molecular complexity index is 1100. The fourth-order valence-corrected chi connectivity index (χ4v) is 4.80. The molecule has 0 aliphatic rings. The summed E-state index contributed by atoms with van der Waals surface area (Å²) in [7, 11) is 0. The molecule has 0 unspecified atom stereocenters. The van der Waals surface area contributed by atoms with Gasteiger partial charge in [-0.05, 0) is 36.8 Å². The predicted molar refractivity (Wildman–Crippen MR) is 105 cm³/mol. The number of nitrogens with two attached hydrogens (primary N) is 1. The number of rotatable bonds is 5. The first kappa shape index (κ1) is 17.9. The first-order valence-corrected chi connectivity index (χ1v) is 10.0. The zero-order valence-corrected chi connectivity index (χ0v) is 15.9. The van der Waals surface area contributed by atoms with Crippen LogP contribution in [0.4, 0.5) is 14.5 Å². The number of benzene rings is 1. The summed E-state index contributed by atoms with van der Waals surface area (Å²) < 4.78 is 28.7. The second-order valence-corrected chi connectivity index (χ2v) is 7.76. The molecule has 0 aliphatic heterocycles. The Kier molecular flexibility index (Phi) is 4.79. The summed E-state index contributed by atoms with van der Waals surface area (Å²) in [6.07, 6.45) is 1.73. The maximum atomic E-state index is 13.4. The van der Waals surface area contributed by atoms with Crippen molar-refractivity contribution < 1.29 is 8.78 Å². The van der Waals surface area contributed by atoms with Gasteiger partial charge in [0.05, 0.1) is 10.6 Å². The van der Waals surface area contributed by atoms with E-state index < -0.39 is 11.6 Å². The summed E-state index contributed by atoms with van der Waals surface area (Å²) in [5.41, 5.74) is 7.49. The van der Waals surface area contributed by atoms with Gasteiger partial charge in [0.15, 0.2) is 11.0 Å². The van der Waals surface area contributed by atoms with E-state index in [1.54, 1.807) is 6.20 Å². The highest BCUT2D eigenvalue weighted by Crippen LogP contribution is 2.40. The average Bonchev–Trinajstić information content (AvgIpc) is 3.20. The highest BCUT2D eigenvalue weighted by Gasteiger charge is 2.19. The first-order chi connectivity index (χ1) is 13.1. The van der Waals surface area contributed by atoms with Crippen LogP contribution in [0.2, 0.25) is 0 Å². The van der Waals surface area contributed by atoms with Crippen LogP contribution in [0, 0.1) is 11.6 Å². The van der Waals surface area contributed by atoms with E-state index in [2.05, 4.69) is 15.2 Å². The number of anilines is 1.